The van der Waals surface area contributed by atoms with Crippen LogP contribution in [0.25, 0.3) is 0 Å². The van der Waals surface area contributed by atoms with Crippen LogP contribution in [0.3, 0.4) is 0 Å². The van der Waals surface area contributed by atoms with Crippen molar-refractivity contribution in [3.63, 3.8) is 0 Å². The van der Waals surface area contributed by atoms with Crippen LogP contribution in [-0.2, 0) is 16.0 Å². The summed E-state index contributed by atoms with van der Waals surface area (Å²) in [7, 11) is 0. The number of benzene rings is 2. The van der Waals surface area contributed by atoms with Gasteiger partial charge in [0.15, 0.2) is 0 Å². The molecule has 4 nitrogen and oxygen atoms in total. The molecule has 0 spiro atoms. The van der Waals surface area contributed by atoms with Crippen molar-refractivity contribution in [2.45, 2.75) is 40.0 Å². The van der Waals surface area contributed by atoms with Gasteiger partial charge in [0.1, 0.15) is 0 Å². The Morgan fingerprint density at radius 1 is 1.04 bits per heavy atom. The number of carbonyl (C=O) groups is 2. The molecule has 0 saturated carbocycles. The number of likely N-dealkylation sites (tertiary alicyclic amines) is 1. The molecular formula is C23H28N2O2. The Bertz CT molecular complexity index is 836. The molecular weight excluding hydrogens is 336 g/mol. The highest BCUT2D eigenvalue weighted by atomic mass is 16.2. The van der Waals surface area contributed by atoms with Crippen molar-refractivity contribution in [3.05, 3.63) is 64.7 Å². The first-order valence-corrected chi connectivity index (χ1v) is 9.64. The molecule has 1 saturated heterocycles. The molecule has 2 aromatic rings. The van der Waals surface area contributed by atoms with Crippen LogP contribution in [0.1, 0.15) is 35.1 Å². The summed E-state index contributed by atoms with van der Waals surface area (Å²) in [5, 5.41) is 3.07. The number of hydrogen-bond donors (Lipinski definition) is 1. The van der Waals surface area contributed by atoms with Crippen LogP contribution < -0.4 is 5.32 Å². The molecule has 0 unspecified atom stereocenters. The minimum Gasteiger partial charge on any atom is -0.342 e. The van der Waals surface area contributed by atoms with Gasteiger partial charge in [-0.3, -0.25) is 9.59 Å². The summed E-state index contributed by atoms with van der Waals surface area (Å²) in [6.45, 7) is 7.40. The van der Waals surface area contributed by atoms with E-state index in [0.717, 1.165) is 29.7 Å². The van der Waals surface area contributed by atoms with Crippen LogP contribution in [0.2, 0.25) is 0 Å². The van der Waals surface area contributed by atoms with Gasteiger partial charge in [0.25, 0.3) is 0 Å². The monoisotopic (exact) mass is 364 g/mol. The maximum atomic E-state index is 12.6. The van der Waals surface area contributed by atoms with E-state index in [4.69, 9.17) is 0 Å². The lowest BCUT2D eigenvalue weighted by atomic mass is 9.95. The van der Waals surface area contributed by atoms with E-state index in [0.29, 0.717) is 19.5 Å². The first-order valence-electron chi connectivity index (χ1n) is 9.64. The normalized spacial score (nSPS) is 14.9. The molecule has 3 rings (SSSR count). The number of aryl methyl sites for hydroxylation is 2. The van der Waals surface area contributed by atoms with Gasteiger partial charge in [-0.1, -0.05) is 42.0 Å². The summed E-state index contributed by atoms with van der Waals surface area (Å²) in [6, 6.07) is 14.0. The van der Waals surface area contributed by atoms with E-state index in [-0.39, 0.29) is 17.7 Å². The minimum atomic E-state index is -0.0343. The van der Waals surface area contributed by atoms with Crippen molar-refractivity contribution in [1.29, 1.82) is 0 Å². The zero-order chi connectivity index (χ0) is 19.4. The number of amides is 2. The largest absolute Gasteiger partial charge is 0.342 e. The van der Waals surface area contributed by atoms with E-state index in [2.05, 4.69) is 11.4 Å². The molecule has 1 aliphatic rings. The zero-order valence-corrected chi connectivity index (χ0v) is 16.4. The second-order valence-electron chi connectivity index (χ2n) is 7.56. The number of nitrogens with zero attached hydrogens (tertiary/aromatic N) is 1. The van der Waals surface area contributed by atoms with Crippen molar-refractivity contribution >= 4 is 17.5 Å². The molecule has 1 aliphatic heterocycles. The van der Waals surface area contributed by atoms with Gasteiger partial charge in [0, 0.05) is 24.7 Å². The summed E-state index contributed by atoms with van der Waals surface area (Å²) in [5.74, 6) is 0.177. The van der Waals surface area contributed by atoms with E-state index >= 15 is 0 Å². The molecule has 2 amide bonds. The predicted molar refractivity (Wildman–Crippen MR) is 109 cm³/mol. The first kappa shape index (κ1) is 19.2. The third-order valence-electron chi connectivity index (χ3n) is 5.52. The van der Waals surface area contributed by atoms with E-state index in [9.17, 15) is 9.59 Å². The Morgan fingerprint density at radius 2 is 1.74 bits per heavy atom. The average molecular weight is 364 g/mol. The van der Waals surface area contributed by atoms with Gasteiger partial charge < -0.3 is 10.2 Å². The molecule has 0 atom stereocenters. The van der Waals surface area contributed by atoms with Crippen molar-refractivity contribution in [2.75, 3.05) is 18.4 Å². The quantitative estimate of drug-likeness (QED) is 0.890. The molecule has 1 fully saturated rings. The fraction of sp³-hybridized carbons (Fsp3) is 0.391. The molecule has 0 bridgehead atoms. The lowest BCUT2D eigenvalue weighted by Gasteiger charge is -2.31. The van der Waals surface area contributed by atoms with E-state index in [1.165, 1.54) is 11.1 Å². The summed E-state index contributed by atoms with van der Waals surface area (Å²) < 4.78 is 0. The predicted octanol–water partition coefficient (Wildman–Crippen LogP) is 4.03. The molecule has 0 aromatic heterocycles. The Balaban J connectivity index is 1.53. The maximum absolute atomic E-state index is 12.6. The Kier molecular flexibility index (Phi) is 5.94. The number of nitrogens with one attached hydrogen (secondary N) is 1. The highest BCUT2D eigenvalue weighted by Gasteiger charge is 2.27. The smallest absolute Gasteiger partial charge is 0.227 e. The minimum absolute atomic E-state index is 0.0343. The summed E-state index contributed by atoms with van der Waals surface area (Å²) in [4.78, 5) is 27.1. The highest BCUT2D eigenvalue weighted by Crippen LogP contribution is 2.23. The second-order valence-corrected chi connectivity index (χ2v) is 7.56. The topological polar surface area (TPSA) is 49.4 Å². The molecule has 1 heterocycles. The molecule has 1 N–H and O–H groups in total. The van der Waals surface area contributed by atoms with Crippen molar-refractivity contribution in [1.82, 2.24) is 4.90 Å². The summed E-state index contributed by atoms with van der Waals surface area (Å²) >= 11 is 0. The third kappa shape index (κ3) is 4.76. The fourth-order valence-corrected chi connectivity index (χ4v) is 3.62. The van der Waals surface area contributed by atoms with Crippen LogP contribution in [0.4, 0.5) is 5.69 Å². The Morgan fingerprint density at radius 3 is 2.44 bits per heavy atom. The van der Waals surface area contributed by atoms with Gasteiger partial charge in [0.2, 0.25) is 11.8 Å². The molecule has 0 radical (unpaired) electrons. The van der Waals surface area contributed by atoms with Gasteiger partial charge in [-0.2, -0.15) is 0 Å². The lowest BCUT2D eigenvalue weighted by Crippen LogP contribution is -2.42. The lowest BCUT2D eigenvalue weighted by molar-refractivity contribution is -0.133. The van der Waals surface area contributed by atoms with Crippen LogP contribution >= 0.6 is 0 Å². The van der Waals surface area contributed by atoms with Crippen LogP contribution in [-0.4, -0.2) is 29.8 Å². The number of anilines is 1. The zero-order valence-electron chi connectivity index (χ0n) is 16.4. The van der Waals surface area contributed by atoms with Crippen molar-refractivity contribution in [3.8, 4) is 0 Å². The average Bonchev–Trinajstić information content (AvgIpc) is 2.65. The number of hydrogen-bond acceptors (Lipinski definition) is 2. The van der Waals surface area contributed by atoms with Gasteiger partial charge in [-0.05, 0) is 56.4 Å². The molecule has 2 aromatic carbocycles. The first-order chi connectivity index (χ1) is 12.9. The number of piperidine rings is 1. The van der Waals surface area contributed by atoms with Gasteiger partial charge >= 0.3 is 0 Å². The van der Waals surface area contributed by atoms with Crippen LogP contribution in [0, 0.1) is 26.7 Å². The number of rotatable bonds is 4. The highest BCUT2D eigenvalue weighted by molar-refractivity contribution is 5.93. The molecule has 0 aliphatic carbocycles. The van der Waals surface area contributed by atoms with Gasteiger partial charge in [-0.15, -0.1) is 0 Å². The maximum Gasteiger partial charge on any atom is 0.227 e. The van der Waals surface area contributed by atoms with Crippen molar-refractivity contribution in [2.24, 2.45) is 5.92 Å². The summed E-state index contributed by atoms with van der Waals surface area (Å²) in [5.41, 5.74) is 5.39. The molecule has 4 heteroatoms. The fourth-order valence-electron chi connectivity index (χ4n) is 3.62. The van der Waals surface area contributed by atoms with Gasteiger partial charge in [-0.25, -0.2) is 0 Å². The van der Waals surface area contributed by atoms with E-state index in [1.807, 2.05) is 62.1 Å². The number of carbonyl (C=O) groups excluding carboxylic acids is 2. The van der Waals surface area contributed by atoms with Gasteiger partial charge in [0.05, 0.1) is 6.42 Å². The standard InChI is InChI=1S/C23H28N2O2/c1-16-6-4-8-19(14-16)15-22(26)25-12-10-20(11-13-25)23(27)24-21-9-5-7-17(2)18(21)3/h4-9,14,20H,10-13,15H2,1-3H3,(H,24,27). The molecule has 27 heavy (non-hydrogen) atoms. The second kappa shape index (κ2) is 8.38. The van der Waals surface area contributed by atoms with Crippen molar-refractivity contribution < 1.29 is 9.59 Å². The van der Waals surface area contributed by atoms with Crippen LogP contribution in [0.5, 0.6) is 0 Å². The molecule has 142 valence electrons. The van der Waals surface area contributed by atoms with E-state index in [1.54, 1.807) is 0 Å². The van der Waals surface area contributed by atoms with E-state index < -0.39 is 0 Å². The Labute approximate surface area is 161 Å². The van der Waals surface area contributed by atoms with Crippen LogP contribution in [0.15, 0.2) is 42.5 Å². The SMILES string of the molecule is Cc1cccc(CC(=O)N2CCC(C(=O)Nc3cccc(C)c3C)CC2)c1. The third-order valence-corrected chi connectivity index (χ3v) is 5.52. The summed E-state index contributed by atoms with van der Waals surface area (Å²) in [6.07, 6.45) is 1.87. The Hall–Kier alpha value is -2.62.